The fraction of sp³-hybridized carbons (Fsp3) is 0.200. The van der Waals surface area contributed by atoms with E-state index < -0.39 is 0 Å². The van der Waals surface area contributed by atoms with Gasteiger partial charge in [0.2, 0.25) is 0 Å². The minimum absolute atomic E-state index is 0.220. The summed E-state index contributed by atoms with van der Waals surface area (Å²) in [6, 6.07) is 11.3. The number of furan rings is 1. The van der Waals surface area contributed by atoms with E-state index in [0.717, 1.165) is 22.6 Å². The maximum absolute atomic E-state index is 9.04. The number of nitriles is 1. The number of hydrogen-bond acceptors (Lipinski definition) is 3. The van der Waals surface area contributed by atoms with Gasteiger partial charge < -0.3 is 8.98 Å². The maximum atomic E-state index is 9.04. The number of imidazole rings is 1. The molecule has 1 unspecified atom stereocenters. The Morgan fingerprint density at radius 3 is 2.95 bits per heavy atom. The van der Waals surface area contributed by atoms with Crippen molar-refractivity contribution >= 4 is 22.6 Å². The zero-order chi connectivity index (χ0) is 14.1. The van der Waals surface area contributed by atoms with Crippen LogP contribution in [0.4, 0.5) is 0 Å². The summed E-state index contributed by atoms with van der Waals surface area (Å²) >= 11 is 6.21. The Balaban J connectivity index is 2.19. The molecule has 4 nitrogen and oxygen atoms in total. The highest BCUT2D eigenvalue weighted by Crippen LogP contribution is 2.26. The number of aromatic nitrogens is 2. The molecule has 0 radical (unpaired) electrons. The summed E-state index contributed by atoms with van der Waals surface area (Å²) in [7, 11) is 0. The molecule has 2 heterocycles. The van der Waals surface area contributed by atoms with E-state index in [1.807, 2.05) is 35.8 Å². The topological polar surface area (TPSA) is 54.8 Å². The van der Waals surface area contributed by atoms with Crippen LogP contribution in [0.3, 0.4) is 0 Å². The second kappa shape index (κ2) is 5.03. The van der Waals surface area contributed by atoms with Gasteiger partial charge in [-0.2, -0.15) is 5.26 Å². The molecular weight excluding hydrogens is 274 g/mol. The summed E-state index contributed by atoms with van der Waals surface area (Å²) < 4.78 is 7.38. The maximum Gasteiger partial charge on any atom is 0.128 e. The molecule has 20 heavy (non-hydrogen) atoms. The van der Waals surface area contributed by atoms with Crippen LogP contribution in [-0.2, 0) is 6.54 Å². The van der Waals surface area contributed by atoms with Crippen molar-refractivity contribution < 1.29 is 4.42 Å². The largest absolute Gasteiger partial charge is 0.467 e. The molecule has 0 saturated carbocycles. The molecule has 0 spiro atoms. The summed E-state index contributed by atoms with van der Waals surface area (Å²) in [4.78, 5) is 4.55. The Bertz CT molecular complexity index is 781. The summed E-state index contributed by atoms with van der Waals surface area (Å²) in [5, 5.41) is 8.82. The Hall–Kier alpha value is -2.25. The van der Waals surface area contributed by atoms with E-state index in [1.165, 1.54) is 0 Å². The van der Waals surface area contributed by atoms with Gasteiger partial charge in [0.05, 0.1) is 40.9 Å². The van der Waals surface area contributed by atoms with Crippen LogP contribution in [0.25, 0.3) is 11.0 Å². The van der Waals surface area contributed by atoms with Crippen molar-refractivity contribution in [2.24, 2.45) is 0 Å². The predicted octanol–water partition coefficient (Wildman–Crippen LogP) is 3.85. The molecule has 5 heteroatoms. The number of hydrogen-bond donors (Lipinski definition) is 0. The lowest BCUT2D eigenvalue weighted by Crippen LogP contribution is -2.05. The molecule has 0 saturated heterocycles. The lowest BCUT2D eigenvalue weighted by Gasteiger charge is -2.08. The molecule has 2 aromatic heterocycles. The molecule has 0 aliphatic heterocycles. The second-order valence-electron chi connectivity index (χ2n) is 4.57. The molecule has 3 rings (SSSR count). The zero-order valence-corrected chi connectivity index (χ0v) is 11.6. The summed E-state index contributed by atoms with van der Waals surface area (Å²) in [6.07, 6.45) is 1.64. The van der Waals surface area contributed by atoms with Crippen molar-refractivity contribution in [3.05, 3.63) is 53.7 Å². The first-order valence-electron chi connectivity index (χ1n) is 6.26. The van der Waals surface area contributed by atoms with Crippen LogP contribution in [0.1, 0.15) is 29.4 Å². The van der Waals surface area contributed by atoms with Crippen molar-refractivity contribution in [3.8, 4) is 6.07 Å². The normalized spacial score (nSPS) is 12.4. The Labute approximate surface area is 121 Å². The lowest BCUT2D eigenvalue weighted by atomic mass is 10.2. The van der Waals surface area contributed by atoms with Gasteiger partial charge in [-0.25, -0.2) is 4.98 Å². The Morgan fingerprint density at radius 2 is 2.30 bits per heavy atom. The Kier molecular flexibility index (Phi) is 3.21. The fourth-order valence-electron chi connectivity index (χ4n) is 2.24. The van der Waals surface area contributed by atoms with E-state index in [4.69, 9.17) is 21.3 Å². The van der Waals surface area contributed by atoms with E-state index in [1.54, 1.807) is 12.3 Å². The minimum Gasteiger partial charge on any atom is -0.467 e. The van der Waals surface area contributed by atoms with Gasteiger partial charge >= 0.3 is 0 Å². The van der Waals surface area contributed by atoms with Gasteiger partial charge in [-0.05, 0) is 37.3 Å². The van der Waals surface area contributed by atoms with Crippen LogP contribution < -0.4 is 0 Å². The van der Waals surface area contributed by atoms with Gasteiger partial charge in [-0.15, -0.1) is 11.6 Å². The molecule has 0 aliphatic carbocycles. The third-order valence-corrected chi connectivity index (χ3v) is 3.35. The third kappa shape index (κ3) is 2.17. The van der Waals surface area contributed by atoms with E-state index in [2.05, 4.69) is 11.1 Å². The average Bonchev–Trinajstić information content (AvgIpc) is 3.07. The van der Waals surface area contributed by atoms with E-state index in [9.17, 15) is 0 Å². The first-order valence-corrected chi connectivity index (χ1v) is 6.69. The number of halogens is 1. The van der Waals surface area contributed by atoms with Gasteiger partial charge in [0.15, 0.2) is 0 Å². The Morgan fingerprint density at radius 1 is 1.45 bits per heavy atom. The number of alkyl halides is 1. The van der Waals surface area contributed by atoms with Gasteiger partial charge in [0.1, 0.15) is 11.6 Å². The highest BCUT2D eigenvalue weighted by molar-refractivity contribution is 6.20. The summed E-state index contributed by atoms with van der Waals surface area (Å²) in [6.45, 7) is 2.43. The highest BCUT2D eigenvalue weighted by Gasteiger charge is 2.16. The third-order valence-electron chi connectivity index (χ3n) is 3.16. The number of benzene rings is 1. The molecule has 1 atom stereocenters. The van der Waals surface area contributed by atoms with Crippen molar-refractivity contribution in [2.45, 2.75) is 18.8 Å². The molecular formula is C15H12ClN3O. The van der Waals surface area contributed by atoms with Gasteiger partial charge in [0.25, 0.3) is 0 Å². The van der Waals surface area contributed by atoms with Crippen molar-refractivity contribution in [3.63, 3.8) is 0 Å². The molecule has 3 aromatic rings. The average molecular weight is 286 g/mol. The molecule has 0 aliphatic rings. The van der Waals surface area contributed by atoms with Crippen LogP contribution in [0.2, 0.25) is 0 Å². The fourth-order valence-corrected chi connectivity index (χ4v) is 2.41. The number of fused-ring (bicyclic) bond motifs is 1. The summed E-state index contributed by atoms with van der Waals surface area (Å²) in [5.41, 5.74) is 2.33. The molecule has 0 N–H and O–H groups in total. The minimum atomic E-state index is -0.220. The first-order chi connectivity index (χ1) is 9.69. The monoisotopic (exact) mass is 285 g/mol. The van der Waals surface area contributed by atoms with Gasteiger partial charge in [-0.3, -0.25) is 0 Å². The zero-order valence-electron chi connectivity index (χ0n) is 10.9. The van der Waals surface area contributed by atoms with Gasteiger partial charge in [0, 0.05) is 0 Å². The van der Waals surface area contributed by atoms with Crippen molar-refractivity contribution in [1.82, 2.24) is 9.55 Å². The first kappa shape index (κ1) is 12.8. The van der Waals surface area contributed by atoms with Crippen LogP contribution in [0.5, 0.6) is 0 Å². The van der Waals surface area contributed by atoms with Crippen LogP contribution >= 0.6 is 11.6 Å². The lowest BCUT2D eigenvalue weighted by molar-refractivity contribution is 0.492. The van der Waals surface area contributed by atoms with Crippen LogP contribution in [-0.4, -0.2) is 9.55 Å². The van der Waals surface area contributed by atoms with Crippen LogP contribution in [0, 0.1) is 11.3 Å². The quantitative estimate of drug-likeness (QED) is 0.687. The van der Waals surface area contributed by atoms with Crippen molar-refractivity contribution in [2.75, 3.05) is 0 Å². The SMILES string of the molecule is CC(Cl)c1nc2ccc(C#N)cc2n1Cc1ccco1. The molecule has 1 aromatic carbocycles. The van der Waals surface area contributed by atoms with E-state index in [0.29, 0.717) is 12.1 Å². The second-order valence-corrected chi connectivity index (χ2v) is 5.22. The molecule has 100 valence electrons. The van der Waals surface area contributed by atoms with Gasteiger partial charge in [-0.1, -0.05) is 0 Å². The number of nitrogens with zero attached hydrogens (tertiary/aromatic N) is 3. The highest BCUT2D eigenvalue weighted by atomic mass is 35.5. The summed E-state index contributed by atoms with van der Waals surface area (Å²) in [5.74, 6) is 1.60. The van der Waals surface area contributed by atoms with E-state index >= 15 is 0 Å². The standard InChI is InChI=1S/C15H12ClN3O/c1-10(16)15-18-13-5-4-11(8-17)7-14(13)19(15)9-12-3-2-6-20-12/h2-7,10H,9H2,1H3. The predicted molar refractivity (Wildman–Crippen MR) is 76.5 cm³/mol. The van der Waals surface area contributed by atoms with Crippen LogP contribution in [0.15, 0.2) is 41.0 Å². The number of rotatable bonds is 3. The molecule has 0 amide bonds. The smallest absolute Gasteiger partial charge is 0.128 e. The molecule has 0 bridgehead atoms. The van der Waals surface area contributed by atoms with Crippen molar-refractivity contribution in [1.29, 1.82) is 5.26 Å². The van der Waals surface area contributed by atoms with E-state index in [-0.39, 0.29) is 5.38 Å². The molecule has 0 fully saturated rings.